The van der Waals surface area contributed by atoms with Crippen molar-refractivity contribution in [2.45, 2.75) is 17.7 Å². The summed E-state index contributed by atoms with van der Waals surface area (Å²) in [6.45, 7) is 0.401. The highest BCUT2D eigenvalue weighted by Gasteiger charge is 2.59. The lowest BCUT2D eigenvalue weighted by atomic mass is 10.00. The molecule has 0 radical (unpaired) electrons. The van der Waals surface area contributed by atoms with Crippen molar-refractivity contribution in [1.29, 1.82) is 0 Å². The van der Waals surface area contributed by atoms with Gasteiger partial charge in [0.2, 0.25) is 5.91 Å². The molecule has 0 N–H and O–H groups in total. The highest BCUT2D eigenvalue weighted by Crippen LogP contribution is 2.42. The first-order chi connectivity index (χ1) is 13.3. The molecule has 0 saturated carbocycles. The molecule has 4 rings (SSSR count). The zero-order chi connectivity index (χ0) is 19.9. The van der Waals surface area contributed by atoms with E-state index in [9.17, 15) is 22.4 Å². The molecule has 2 heterocycles. The number of carbonyl (C=O) groups is 2. The number of para-hydroxylation sites is 1. The molecular formula is C20H19FN2O4S. The van der Waals surface area contributed by atoms with Crippen molar-refractivity contribution >= 4 is 27.3 Å². The average Bonchev–Trinajstić information content (AvgIpc) is 2.88. The highest BCUT2D eigenvalue weighted by atomic mass is 32.2. The Labute approximate surface area is 162 Å². The lowest BCUT2D eigenvalue weighted by Crippen LogP contribution is -2.57. The van der Waals surface area contributed by atoms with Gasteiger partial charge < -0.3 is 4.90 Å². The molecule has 0 bridgehead atoms. The Morgan fingerprint density at radius 2 is 1.57 bits per heavy atom. The Morgan fingerprint density at radius 1 is 0.964 bits per heavy atom. The summed E-state index contributed by atoms with van der Waals surface area (Å²) in [5, 5.41) is 0. The second kappa shape index (κ2) is 6.70. The summed E-state index contributed by atoms with van der Waals surface area (Å²) in [4.78, 5) is 26.8. The van der Waals surface area contributed by atoms with Gasteiger partial charge in [-0.05, 0) is 36.4 Å². The second-order valence-electron chi connectivity index (χ2n) is 7.07. The van der Waals surface area contributed by atoms with Gasteiger partial charge in [-0.1, -0.05) is 18.2 Å². The van der Waals surface area contributed by atoms with Crippen molar-refractivity contribution in [2.24, 2.45) is 0 Å². The van der Waals surface area contributed by atoms with Crippen molar-refractivity contribution < 1.29 is 22.4 Å². The molecular weight excluding hydrogens is 383 g/mol. The Kier molecular flexibility index (Phi) is 4.45. The van der Waals surface area contributed by atoms with Gasteiger partial charge in [-0.3, -0.25) is 14.5 Å². The quantitative estimate of drug-likeness (QED) is 0.772. The number of nitrogens with zero attached hydrogens (tertiary/aromatic N) is 2. The summed E-state index contributed by atoms with van der Waals surface area (Å²) >= 11 is 0. The van der Waals surface area contributed by atoms with Crippen molar-refractivity contribution in [3.8, 4) is 0 Å². The van der Waals surface area contributed by atoms with E-state index in [-0.39, 0.29) is 31.8 Å². The van der Waals surface area contributed by atoms with E-state index in [2.05, 4.69) is 0 Å². The van der Waals surface area contributed by atoms with Crippen molar-refractivity contribution in [1.82, 2.24) is 4.90 Å². The van der Waals surface area contributed by atoms with Crippen LogP contribution in [-0.2, 0) is 14.6 Å². The summed E-state index contributed by atoms with van der Waals surface area (Å²) in [5.41, 5.74) is 0.898. The van der Waals surface area contributed by atoms with Crippen LogP contribution in [0.5, 0.6) is 0 Å². The highest BCUT2D eigenvalue weighted by molar-refractivity contribution is 7.94. The molecule has 2 amide bonds. The average molecular weight is 402 g/mol. The molecule has 0 aromatic heterocycles. The van der Waals surface area contributed by atoms with E-state index in [0.717, 1.165) is 0 Å². The van der Waals surface area contributed by atoms with Crippen molar-refractivity contribution in [3.63, 3.8) is 0 Å². The zero-order valence-corrected chi connectivity index (χ0v) is 15.9. The van der Waals surface area contributed by atoms with E-state index < -0.39 is 32.2 Å². The first kappa shape index (κ1) is 18.6. The number of likely N-dealkylation sites (tertiary alicyclic amines) is 1. The molecule has 146 valence electrons. The summed E-state index contributed by atoms with van der Waals surface area (Å²) in [5.74, 6) is -1.66. The minimum atomic E-state index is -3.69. The molecule has 28 heavy (non-hydrogen) atoms. The minimum absolute atomic E-state index is 0.142. The van der Waals surface area contributed by atoms with E-state index in [0.29, 0.717) is 11.3 Å². The number of rotatable bonds is 2. The van der Waals surface area contributed by atoms with Crippen LogP contribution in [0.1, 0.15) is 23.2 Å². The lowest BCUT2D eigenvalue weighted by Gasteiger charge is -2.43. The number of halogens is 1. The Bertz CT molecular complexity index is 1010. The fourth-order valence-electron chi connectivity index (χ4n) is 4.05. The molecule has 2 fully saturated rings. The number of sulfone groups is 1. The number of anilines is 1. The molecule has 2 aliphatic rings. The van der Waals surface area contributed by atoms with Gasteiger partial charge >= 0.3 is 0 Å². The van der Waals surface area contributed by atoms with Crippen LogP contribution in [0.4, 0.5) is 10.1 Å². The summed E-state index contributed by atoms with van der Waals surface area (Å²) in [7, 11) is -3.69. The number of carbonyl (C=O) groups excluding carboxylic acids is 2. The van der Waals surface area contributed by atoms with Crippen LogP contribution < -0.4 is 4.90 Å². The summed E-state index contributed by atoms with van der Waals surface area (Å²) in [6.07, 6.45) is 0.284. The van der Waals surface area contributed by atoms with Gasteiger partial charge in [0.15, 0.2) is 14.7 Å². The second-order valence-corrected chi connectivity index (χ2v) is 9.35. The van der Waals surface area contributed by atoms with Gasteiger partial charge in [0.1, 0.15) is 11.6 Å². The van der Waals surface area contributed by atoms with E-state index >= 15 is 0 Å². The topological polar surface area (TPSA) is 74.8 Å². The van der Waals surface area contributed by atoms with Crippen LogP contribution in [0, 0.1) is 5.82 Å². The number of benzene rings is 2. The van der Waals surface area contributed by atoms with Gasteiger partial charge in [-0.2, -0.15) is 0 Å². The van der Waals surface area contributed by atoms with E-state index in [1.54, 1.807) is 35.2 Å². The third kappa shape index (κ3) is 2.88. The third-order valence-corrected chi connectivity index (χ3v) is 7.86. The molecule has 0 aliphatic carbocycles. The monoisotopic (exact) mass is 402 g/mol. The number of amides is 2. The Hall–Kier alpha value is -2.74. The minimum Gasteiger partial charge on any atom is -0.338 e. The maximum Gasteiger partial charge on any atom is 0.253 e. The number of hydrogen-bond donors (Lipinski definition) is 0. The smallest absolute Gasteiger partial charge is 0.253 e. The van der Waals surface area contributed by atoms with Crippen LogP contribution >= 0.6 is 0 Å². The zero-order valence-electron chi connectivity index (χ0n) is 15.0. The maximum atomic E-state index is 13.1. The summed E-state index contributed by atoms with van der Waals surface area (Å²) < 4.78 is 38.9. The molecule has 0 atom stereocenters. The van der Waals surface area contributed by atoms with Crippen LogP contribution in [0.15, 0.2) is 54.6 Å². The Balaban J connectivity index is 1.61. The lowest BCUT2D eigenvalue weighted by molar-refractivity contribution is -0.116. The molecule has 2 aromatic rings. The first-order valence-corrected chi connectivity index (χ1v) is 10.6. The van der Waals surface area contributed by atoms with Gasteiger partial charge in [0, 0.05) is 37.2 Å². The number of hydrogen-bond acceptors (Lipinski definition) is 4. The maximum absolute atomic E-state index is 13.1. The molecule has 2 aliphatic heterocycles. The molecule has 0 unspecified atom stereocenters. The molecule has 6 nitrogen and oxygen atoms in total. The first-order valence-electron chi connectivity index (χ1n) is 8.99. The number of piperidine rings is 1. The van der Waals surface area contributed by atoms with Crippen LogP contribution in [0.3, 0.4) is 0 Å². The predicted octanol–water partition coefficient (Wildman–Crippen LogP) is 2.22. The van der Waals surface area contributed by atoms with Gasteiger partial charge in [0.25, 0.3) is 5.91 Å². The summed E-state index contributed by atoms with van der Waals surface area (Å²) in [6, 6.07) is 14.0. The molecule has 8 heteroatoms. The van der Waals surface area contributed by atoms with Gasteiger partial charge in [0.05, 0.1) is 0 Å². The van der Waals surface area contributed by atoms with E-state index in [1.807, 2.05) is 0 Å². The van der Waals surface area contributed by atoms with E-state index in [4.69, 9.17) is 0 Å². The van der Waals surface area contributed by atoms with Crippen LogP contribution in [0.25, 0.3) is 0 Å². The molecule has 1 spiro atoms. The van der Waals surface area contributed by atoms with Gasteiger partial charge in [-0.25, -0.2) is 12.8 Å². The van der Waals surface area contributed by atoms with Crippen LogP contribution in [0.2, 0.25) is 0 Å². The predicted molar refractivity (Wildman–Crippen MR) is 102 cm³/mol. The Morgan fingerprint density at radius 3 is 2.18 bits per heavy atom. The third-order valence-electron chi connectivity index (χ3n) is 5.49. The van der Waals surface area contributed by atoms with Crippen LogP contribution in [-0.4, -0.2) is 48.8 Å². The fraction of sp³-hybridized carbons (Fsp3) is 0.300. The molecule has 2 aromatic carbocycles. The van der Waals surface area contributed by atoms with Gasteiger partial charge in [-0.15, -0.1) is 0 Å². The largest absolute Gasteiger partial charge is 0.338 e. The molecule has 2 saturated heterocycles. The standard InChI is InChI=1S/C20H19FN2O4S/c21-16-8-6-15(7-9-16)19(25)22-12-10-20(11-13-22)23(17-4-2-1-3-5-17)18(24)14-28(20,26)27/h1-9H,10-14H2. The fourth-order valence-corrected chi connectivity index (χ4v) is 6.07. The SMILES string of the molecule is O=C(c1ccc(F)cc1)N1CCC2(CC1)N(c1ccccc1)C(=O)CS2(=O)=O. The van der Waals surface area contributed by atoms with E-state index in [1.165, 1.54) is 29.2 Å². The normalized spacial score (nSPS) is 20.5. The van der Waals surface area contributed by atoms with Crippen molar-refractivity contribution in [3.05, 3.63) is 66.0 Å². The van der Waals surface area contributed by atoms with Crippen molar-refractivity contribution in [2.75, 3.05) is 23.7 Å².